The van der Waals surface area contributed by atoms with Crippen molar-refractivity contribution >= 4 is 18.3 Å². The molecule has 1 aliphatic rings. The number of halogens is 2. The molecule has 2 rings (SSSR count). The molecule has 0 saturated carbocycles. The van der Waals surface area contributed by atoms with Crippen molar-refractivity contribution in [2.45, 2.75) is 33.2 Å². The molecule has 1 N–H and O–H groups in total. The predicted octanol–water partition coefficient (Wildman–Crippen LogP) is 3.16. The summed E-state index contributed by atoms with van der Waals surface area (Å²) in [5.41, 5.74) is 0.827. The van der Waals surface area contributed by atoms with Crippen LogP contribution in [0.1, 0.15) is 38.8 Å². The first kappa shape index (κ1) is 17.9. The smallest absolute Gasteiger partial charge is 0.223 e. The third-order valence-electron chi connectivity index (χ3n) is 3.48. The van der Waals surface area contributed by atoms with Gasteiger partial charge < -0.3 is 10.2 Å². The summed E-state index contributed by atoms with van der Waals surface area (Å²) in [6.07, 6.45) is 0.513. The topological polar surface area (TPSA) is 32.3 Å². The van der Waals surface area contributed by atoms with Gasteiger partial charge in [-0.25, -0.2) is 4.39 Å². The summed E-state index contributed by atoms with van der Waals surface area (Å²) in [5, 5.41) is 3.28. The van der Waals surface area contributed by atoms with E-state index in [4.69, 9.17) is 0 Å². The van der Waals surface area contributed by atoms with E-state index in [1.165, 1.54) is 12.1 Å². The molecule has 1 saturated heterocycles. The molecule has 21 heavy (non-hydrogen) atoms. The Balaban J connectivity index is 0.00000220. The highest BCUT2D eigenvalue weighted by Crippen LogP contribution is 2.27. The number of hydrogen-bond donors (Lipinski definition) is 1. The molecule has 1 aromatic carbocycles. The molecule has 0 aromatic heterocycles. The van der Waals surface area contributed by atoms with Crippen LogP contribution in [0.2, 0.25) is 0 Å². The minimum absolute atomic E-state index is 0. The van der Waals surface area contributed by atoms with Crippen molar-refractivity contribution in [1.29, 1.82) is 0 Å². The summed E-state index contributed by atoms with van der Waals surface area (Å²) in [6, 6.07) is 6.47. The van der Waals surface area contributed by atoms with Gasteiger partial charge in [0, 0.05) is 26.1 Å². The van der Waals surface area contributed by atoms with E-state index in [0.717, 1.165) is 12.1 Å². The van der Waals surface area contributed by atoms with E-state index < -0.39 is 0 Å². The average molecular weight is 315 g/mol. The largest absolute Gasteiger partial charge is 0.333 e. The van der Waals surface area contributed by atoms with Crippen molar-refractivity contribution in [2.24, 2.45) is 5.41 Å². The number of hydrogen-bond acceptors (Lipinski definition) is 2. The molecule has 1 unspecified atom stereocenters. The highest BCUT2D eigenvalue weighted by Gasteiger charge is 2.30. The fourth-order valence-electron chi connectivity index (χ4n) is 2.57. The van der Waals surface area contributed by atoms with Crippen molar-refractivity contribution in [1.82, 2.24) is 10.2 Å². The Labute approximate surface area is 132 Å². The van der Waals surface area contributed by atoms with Crippen molar-refractivity contribution in [2.75, 3.05) is 19.6 Å². The van der Waals surface area contributed by atoms with Gasteiger partial charge >= 0.3 is 0 Å². The van der Waals surface area contributed by atoms with Crippen molar-refractivity contribution in [3.05, 3.63) is 35.6 Å². The van der Waals surface area contributed by atoms with Crippen LogP contribution in [0.5, 0.6) is 0 Å². The number of rotatable bonds is 2. The van der Waals surface area contributed by atoms with E-state index in [2.05, 4.69) is 26.1 Å². The Morgan fingerprint density at radius 1 is 1.43 bits per heavy atom. The van der Waals surface area contributed by atoms with E-state index in [0.29, 0.717) is 19.5 Å². The van der Waals surface area contributed by atoms with Gasteiger partial charge in [0.1, 0.15) is 5.82 Å². The monoisotopic (exact) mass is 314 g/mol. The van der Waals surface area contributed by atoms with Crippen LogP contribution in [0.3, 0.4) is 0 Å². The Kier molecular flexibility index (Phi) is 6.17. The average Bonchev–Trinajstić information content (AvgIpc) is 2.37. The highest BCUT2D eigenvalue weighted by atomic mass is 35.5. The van der Waals surface area contributed by atoms with Crippen molar-refractivity contribution in [3.63, 3.8) is 0 Å². The Bertz CT molecular complexity index is 487. The van der Waals surface area contributed by atoms with Crippen LogP contribution in [0.25, 0.3) is 0 Å². The maximum Gasteiger partial charge on any atom is 0.223 e. The fraction of sp³-hybridized carbons (Fsp3) is 0.562. The number of piperazine rings is 1. The number of amides is 1. The standard InChI is InChI=1S/C16H23FN2O.ClH/c1-16(2,3)10-15(20)19-8-7-18-11-14(19)12-5-4-6-13(17)9-12;/h4-6,9,14,18H,7-8,10-11H2,1-3H3;1H. The van der Waals surface area contributed by atoms with Crippen LogP contribution in [0, 0.1) is 11.2 Å². The summed E-state index contributed by atoms with van der Waals surface area (Å²) in [6.45, 7) is 8.33. The summed E-state index contributed by atoms with van der Waals surface area (Å²) < 4.78 is 13.4. The van der Waals surface area contributed by atoms with Crippen LogP contribution in [0.15, 0.2) is 24.3 Å². The minimum Gasteiger partial charge on any atom is -0.333 e. The molecule has 0 spiro atoms. The Morgan fingerprint density at radius 3 is 2.76 bits per heavy atom. The SMILES string of the molecule is CC(C)(C)CC(=O)N1CCNCC1c1cccc(F)c1.Cl. The van der Waals surface area contributed by atoms with Gasteiger partial charge in [0.2, 0.25) is 5.91 Å². The molecule has 118 valence electrons. The first-order valence-corrected chi connectivity index (χ1v) is 7.12. The molecular weight excluding hydrogens is 291 g/mol. The van der Waals surface area contributed by atoms with E-state index in [1.807, 2.05) is 11.0 Å². The van der Waals surface area contributed by atoms with Gasteiger partial charge in [-0.3, -0.25) is 4.79 Å². The number of benzene rings is 1. The minimum atomic E-state index is -0.253. The zero-order valence-electron chi connectivity index (χ0n) is 12.9. The van der Waals surface area contributed by atoms with Gasteiger partial charge in [0.05, 0.1) is 6.04 Å². The molecule has 1 aromatic rings. The van der Waals surface area contributed by atoms with E-state index in [9.17, 15) is 9.18 Å². The molecule has 0 radical (unpaired) electrons. The van der Waals surface area contributed by atoms with Crippen LogP contribution in [-0.2, 0) is 4.79 Å². The number of nitrogens with zero attached hydrogens (tertiary/aromatic N) is 1. The second-order valence-electron chi connectivity index (χ2n) is 6.60. The predicted molar refractivity (Wildman–Crippen MR) is 85.0 cm³/mol. The van der Waals surface area contributed by atoms with Gasteiger partial charge in [-0.2, -0.15) is 0 Å². The maximum absolute atomic E-state index is 13.4. The normalized spacial score (nSPS) is 19.0. The fourth-order valence-corrected chi connectivity index (χ4v) is 2.57. The summed E-state index contributed by atoms with van der Waals surface area (Å²) >= 11 is 0. The van der Waals surface area contributed by atoms with E-state index >= 15 is 0 Å². The molecule has 1 heterocycles. The lowest BCUT2D eigenvalue weighted by Gasteiger charge is -2.38. The third kappa shape index (κ3) is 4.97. The molecule has 0 bridgehead atoms. The van der Waals surface area contributed by atoms with Crippen LogP contribution >= 0.6 is 12.4 Å². The first-order valence-electron chi connectivity index (χ1n) is 7.12. The molecule has 1 fully saturated rings. The zero-order valence-corrected chi connectivity index (χ0v) is 13.7. The van der Waals surface area contributed by atoms with Crippen molar-refractivity contribution < 1.29 is 9.18 Å². The second-order valence-corrected chi connectivity index (χ2v) is 6.60. The van der Waals surface area contributed by atoms with Crippen LogP contribution in [0.4, 0.5) is 4.39 Å². The summed E-state index contributed by atoms with van der Waals surface area (Å²) in [5.74, 6) is -0.107. The number of carbonyl (C=O) groups excluding carboxylic acids is 1. The lowest BCUT2D eigenvalue weighted by atomic mass is 9.90. The number of carbonyl (C=O) groups is 1. The van der Waals surface area contributed by atoms with Gasteiger partial charge in [0.25, 0.3) is 0 Å². The van der Waals surface area contributed by atoms with Crippen LogP contribution < -0.4 is 5.32 Å². The third-order valence-corrected chi connectivity index (χ3v) is 3.48. The first-order chi connectivity index (χ1) is 9.37. The second kappa shape index (κ2) is 7.23. The van der Waals surface area contributed by atoms with E-state index in [1.54, 1.807) is 6.07 Å². The molecule has 3 nitrogen and oxygen atoms in total. The lowest BCUT2D eigenvalue weighted by Crippen LogP contribution is -2.49. The molecule has 0 aliphatic carbocycles. The van der Waals surface area contributed by atoms with Gasteiger partial charge in [-0.15, -0.1) is 12.4 Å². The van der Waals surface area contributed by atoms with E-state index in [-0.39, 0.29) is 35.6 Å². The summed E-state index contributed by atoms with van der Waals surface area (Å²) in [7, 11) is 0. The molecular formula is C16H24ClFN2O. The van der Waals surface area contributed by atoms with Gasteiger partial charge in [-0.1, -0.05) is 32.9 Å². The number of nitrogens with one attached hydrogen (secondary N) is 1. The maximum atomic E-state index is 13.4. The highest BCUT2D eigenvalue weighted by molar-refractivity contribution is 5.85. The lowest BCUT2D eigenvalue weighted by molar-refractivity contribution is -0.136. The Hall–Kier alpha value is -1.13. The molecule has 1 atom stereocenters. The van der Waals surface area contributed by atoms with Gasteiger partial charge in [0.15, 0.2) is 0 Å². The molecule has 1 amide bonds. The van der Waals surface area contributed by atoms with Gasteiger partial charge in [-0.05, 0) is 23.1 Å². The summed E-state index contributed by atoms with van der Waals surface area (Å²) in [4.78, 5) is 14.4. The van der Waals surface area contributed by atoms with Crippen molar-refractivity contribution in [3.8, 4) is 0 Å². The molecule has 5 heteroatoms. The zero-order chi connectivity index (χ0) is 14.8. The Morgan fingerprint density at radius 2 is 2.14 bits per heavy atom. The van der Waals surface area contributed by atoms with Crippen LogP contribution in [-0.4, -0.2) is 30.4 Å². The molecule has 1 aliphatic heterocycles. The quantitative estimate of drug-likeness (QED) is 0.909.